The molecule has 0 atom stereocenters. The normalized spacial score (nSPS) is 11.6. The van der Waals surface area contributed by atoms with Gasteiger partial charge in [-0.2, -0.15) is 0 Å². The second-order valence-corrected chi connectivity index (χ2v) is 6.38. The molecule has 0 bridgehead atoms. The Morgan fingerprint density at radius 2 is 1.45 bits per heavy atom. The molecule has 3 heteroatoms. The van der Waals surface area contributed by atoms with Gasteiger partial charge in [0.05, 0.1) is 0 Å². The molecule has 0 saturated carbocycles. The Morgan fingerprint density at radius 1 is 0.900 bits per heavy atom. The van der Waals surface area contributed by atoms with Crippen molar-refractivity contribution in [3.05, 3.63) is 65.2 Å². The predicted octanol–water partition coefficient (Wildman–Crippen LogP) is 4.97. The maximum Gasteiger partial charge on any atom is 0.115 e. The lowest BCUT2D eigenvalue weighted by Gasteiger charge is -2.31. The average Bonchev–Trinajstić information content (AvgIpc) is 2.48. The van der Waals surface area contributed by atoms with Gasteiger partial charge in [-0.3, -0.25) is 0 Å². The van der Waals surface area contributed by atoms with E-state index in [4.69, 9.17) is 0 Å². The van der Waals surface area contributed by atoms with Crippen molar-refractivity contribution in [3.8, 4) is 5.75 Å². The largest absolute Gasteiger partial charge is 0.508 e. The quantitative estimate of drug-likeness (QED) is 0.706. The summed E-state index contributed by atoms with van der Waals surface area (Å²) < 4.78 is 0. The summed E-state index contributed by atoms with van der Waals surface area (Å²) in [6, 6.07) is 16.2. The summed E-state index contributed by atoms with van der Waals surface area (Å²) in [6.45, 7) is 2.10. The van der Waals surface area contributed by atoms with Crippen LogP contribution in [0.4, 0.5) is 0 Å². The van der Waals surface area contributed by atoms with Crippen LogP contribution in [0.3, 0.4) is 0 Å². The number of rotatable bonds is 5. The zero-order valence-corrected chi connectivity index (χ0v) is 14.6. The SMILES string of the molecule is Cc1ccc(C(CBr)(CBr)Cc2ccc(O)cc2)cc1. The Bertz CT molecular complexity index is 542. The van der Waals surface area contributed by atoms with E-state index < -0.39 is 0 Å². The van der Waals surface area contributed by atoms with Crippen LogP contribution in [-0.2, 0) is 11.8 Å². The number of benzene rings is 2. The first-order chi connectivity index (χ1) is 9.59. The van der Waals surface area contributed by atoms with Crippen molar-refractivity contribution in [2.24, 2.45) is 0 Å². The van der Waals surface area contributed by atoms with Crippen LogP contribution in [-0.4, -0.2) is 15.8 Å². The second kappa shape index (κ2) is 6.77. The summed E-state index contributed by atoms with van der Waals surface area (Å²) >= 11 is 7.36. The predicted molar refractivity (Wildman–Crippen MR) is 92.3 cm³/mol. The average molecular weight is 398 g/mol. The Balaban J connectivity index is 2.33. The highest BCUT2D eigenvalue weighted by Gasteiger charge is 2.30. The summed E-state index contributed by atoms with van der Waals surface area (Å²) in [7, 11) is 0. The van der Waals surface area contributed by atoms with Gasteiger partial charge in [0.25, 0.3) is 0 Å². The fourth-order valence-electron chi connectivity index (χ4n) is 2.30. The van der Waals surface area contributed by atoms with Gasteiger partial charge in [0.2, 0.25) is 0 Å². The fourth-order valence-corrected chi connectivity index (χ4v) is 4.27. The third-order valence-corrected chi connectivity index (χ3v) is 5.80. The van der Waals surface area contributed by atoms with Crippen molar-refractivity contribution >= 4 is 31.9 Å². The van der Waals surface area contributed by atoms with Gasteiger partial charge in [-0.15, -0.1) is 0 Å². The molecule has 0 radical (unpaired) electrons. The molecule has 0 spiro atoms. The molecule has 0 aliphatic heterocycles. The van der Waals surface area contributed by atoms with E-state index in [9.17, 15) is 5.11 Å². The topological polar surface area (TPSA) is 20.2 Å². The molecule has 20 heavy (non-hydrogen) atoms. The lowest BCUT2D eigenvalue weighted by atomic mass is 9.79. The van der Waals surface area contributed by atoms with Gasteiger partial charge in [-0.25, -0.2) is 0 Å². The number of alkyl halides is 2. The molecule has 2 aromatic carbocycles. The first kappa shape index (κ1) is 15.6. The minimum absolute atomic E-state index is 0.0185. The van der Waals surface area contributed by atoms with Crippen LogP contribution in [0.25, 0.3) is 0 Å². The molecule has 106 valence electrons. The Hall–Kier alpha value is -0.800. The van der Waals surface area contributed by atoms with E-state index in [0.29, 0.717) is 5.75 Å². The van der Waals surface area contributed by atoms with Crippen molar-refractivity contribution in [1.82, 2.24) is 0 Å². The Labute approximate surface area is 137 Å². The lowest BCUT2D eigenvalue weighted by molar-refractivity contribution is 0.474. The maximum atomic E-state index is 9.40. The highest BCUT2D eigenvalue weighted by atomic mass is 79.9. The minimum atomic E-state index is 0.0185. The third kappa shape index (κ3) is 3.44. The zero-order chi connectivity index (χ0) is 14.6. The fraction of sp³-hybridized carbons (Fsp3) is 0.294. The first-order valence-corrected chi connectivity index (χ1v) is 8.81. The van der Waals surface area contributed by atoms with Crippen LogP contribution < -0.4 is 0 Å². The number of phenols is 1. The van der Waals surface area contributed by atoms with Gasteiger partial charge in [0.1, 0.15) is 5.75 Å². The van der Waals surface area contributed by atoms with E-state index in [2.05, 4.69) is 63.0 Å². The number of hydrogen-bond acceptors (Lipinski definition) is 1. The van der Waals surface area contributed by atoms with Crippen LogP contribution in [0.1, 0.15) is 16.7 Å². The molecular weight excluding hydrogens is 380 g/mol. The van der Waals surface area contributed by atoms with Gasteiger partial charge < -0.3 is 5.11 Å². The van der Waals surface area contributed by atoms with E-state index in [1.807, 2.05) is 12.1 Å². The minimum Gasteiger partial charge on any atom is -0.508 e. The third-order valence-electron chi connectivity index (χ3n) is 3.65. The van der Waals surface area contributed by atoms with E-state index in [-0.39, 0.29) is 5.41 Å². The van der Waals surface area contributed by atoms with E-state index >= 15 is 0 Å². The van der Waals surface area contributed by atoms with Crippen LogP contribution in [0.2, 0.25) is 0 Å². The summed E-state index contributed by atoms with van der Waals surface area (Å²) in [5.41, 5.74) is 3.84. The molecule has 0 aliphatic rings. The number of phenolic OH excluding ortho intramolecular Hbond substituents is 1. The van der Waals surface area contributed by atoms with Crippen LogP contribution in [0.15, 0.2) is 48.5 Å². The first-order valence-electron chi connectivity index (χ1n) is 6.57. The van der Waals surface area contributed by atoms with Gasteiger partial charge in [-0.05, 0) is 36.6 Å². The van der Waals surface area contributed by atoms with E-state index in [0.717, 1.165) is 17.1 Å². The highest BCUT2D eigenvalue weighted by molar-refractivity contribution is 9.09. The summed E-state index contributed by atoms with van der Waals surface area (Å²) in [5.74, 6) is 0.312. The maximum absolute atomic E-state index is 9.40. The molecule has 1 nitrogen and oxygen atoms in total. The van der Waals surface area contributed by atoms with Crippen molar-refractivity contribution in [2.75, 3.05) is 10.7 Å². The Kier molecular flexibility index (Phi) is 5.28. The Morgan fingerprint density at radius 3 is 1.95 bits per heavy atom. The molecule has 0 unspecified atom stereocenters. The second-order valence-electron chi connectivity index (χ2n) is 5.26. The molecule has 0 aromatic heterocycles. The van der Waals surface area contributed by atoms with Gasteiger partial charge in [-0.1, -0.05) is 73.8 Å². The number of halogens is 2. The zero-order valence-electron chi connectivity index (χ0n) is 11.4. The van der Waals surface area contributed by atoms with Crippen molar-refractivity contribution < 1.29 is 5.11 Å². The molecule has 0 amide bonds. The standard InChI is InChI=1S/C17H18Br2O/c1-13-2-6-15(7-3-13)17(11-18,12-19)10-14-4-8-16(20)9-5-14/h2-9,20H,10-12H2,1H3. The van der Waals surface area contributed by atoms with Crippen molar-refractivity contribution in [3.63, 3.8) is 0 Å². The van der Waals surface area contributed by atoms with Crippen molar-refractivity contribution in [2.45, 2.75) is 18.8 Å². The number of aryl methyl sites for hydroxylation is 1. The summed E-state index contributed by atoms with van der Waals surface area (Å²) in [4.78, 5) is 0. The van der Waals surface area contributed by atoms with E-state index in [1.165, 1.54) is 16.7 Å². The molecule has 1 N–H and O–H groups in total. The monoisotopic (exact) mass is 396 g/mol. The van der Waals surface area contributed by atoms with Gasteiger partial charge >= 0.3 is 0 Å². The molecule has 0 saturated heterocycles. The number of aromatic hydroxyl groups is 1. The van der Waals surface area contributed by atoms with Crippen LogP contribution in [0.5, 0.6) is 5.75 Å². The van der Waals surface area contributed by atoms with Gasteiger partial charge in [0.15, 0.2) is 0 Å². The summed E-state index contributed by atoms with van der Waals surface area (Å²) in [6.07, 6.45) is 0.923. The van der Waals surface area contributed by atoms with Gasteiger partial charge in [0, 0.05) is 16.1 Å². The van der Waals surface area contributed by atoms with Crippen molar-refractivity contribution in [1.29, 1.82) is 0 Å². The highest BCUT2D eigenvalue weighted by Crippen LogP contribution is 2.33. The smallest absolute Gasteiger partial charge is 0.115 e. The van der Waals surface area contributed by atoms with Crippen LogP contribution in [0, 0.1) is 6.92 Å². The molecule has 2 aromatic rings. The number of hydrogen-bond donors (Lipinski definition) is 1. The molecule has 2 rings (SSSR count). The summed E-state index contributed by atoms with van der Waals surface area (Å²) in [5, 5.41) is 11.2. The molecule has 0 fully saturated rings. The van der Waals surface area contributed by atoms with E-state index in [1.54, 1.807) is 12.1 Å². The molecule has 0 aliphatic carbocycles. The molecular formula is C17H18Br2O. The lowest BCUT2D eigenvalue weighted by Crippen LogP contribution is -2.32. The van der Waals surface area contributed by atoms with Crippen LogP contribution >= 0.6 is 31.9 Å². The molecule has 0 heterocycles.